The van der Waals surface area contributed by atoms with Gasteiger partial charge in [0.1, 0.15) is 17.9 Å². The van der Waals surface area contributed by atoms with Gasteiger partial charge < -0.3 is 10.6 Å². The van der Waals surface area contributed by atoms with Gasteiger partial charge in [-0.2, -0.15) is 0 Å². The van der Waals surface area contributed by atoms with Crippen LogP contribution in [0.3, 0.4) is 0 Å². The van der Waals surface area contributed by atoms with E-state index in [0.717, 1.165) is 36.1 Å². The summed E-state index contributed by atoms with van der Waals surface area (Å²) in [4.78, 5) is 38.4. The van der Waals surface area contributed by atoms with E-state index in [9.17, 15) is 18.8 Å². The Kier molecular flexibility index (Phi) is 6.08. The van der Waals surface area contributed by atoms with E-state index >= 15 is 0 Å². The zero-order chi connectivity index (χ0) is 19.3. The van der Waals surface area contributed by atoms with Gasteiger partial charge in [-0.15, -0.1) is 0 Å². The Balaban J connectivity index is 1.51. The monoisotopic (exact) mass is 375 g/mol. The Hall–Kier alpha value is -2.44. The Morgan fingerprint density at radius 1 is 1.07 bits per heavy atom. The molecule has 27 heavy (non-hydrogen) atoms. The molecular formula is C20H26FN3O3. The summed E-state index contributed by atoms with van der Waals surface area (Å²) in [6, 6.07) is 5.60. The molecule has 146 valence electrons. The number of amides is 4. The average Bonchev–Trinajstić information content (AvgIpc) is 2.85. The summed E-state index contributed by atoms with van der Waals surface area (Å²) in [5, 5.41) is 5.57. The van der Waals surface area contributed by atoms with Crippen LogP contribution in [0, 0.1) is 5.82 Å². The maximum atomic E-state index is 12.9. The van der Waals surface area contributed by atoms with Gasteiger partial charge in [0.25, 0.3) is 5.91 Å². The molecule has 2 N–H and O–H groups in total. The van der Waals surface area contributed by atoms with Gasteiger partial charge in [-0.05, 0) is 37.0 Å². The van der Waals surface area contributed by atoms with Crippen molar-refractivity contribution in [3.05, 3.63) is 35.6 Å². The normalized spacial score (nSPS) is 19.5. The molecule has 0 aromatic heterocycles. The lowest BCUT2D eigenvalue weighted by atomic mass is 9.84. The zero-order valence-corrected chi connectivity index (χ0v) is 15.4. The van der Waals surface area contributed by atoms with Gasteiger partial charge in [0.05, 0.1) is 0 Å². The van der Waals surface area contributed by atoms with Crippen LogP contribution in [0.2, 0.25) is 0 Å². The van der Waals surface area contributed by atoms with Gasteiger partial charge in [-0.3, -0.25) is 14.5 Å². The third-order valence-electron chi connectivity index (χ3n) is 5.40. The highest BCUT2D eigenvalue weighted by molar-refractivity contribution is 6.09. The van der Waals surface area contributed by atoms with Crippen molar-refractivity contribution in [2.24, 2.45) is 0 Å². The van der Waals surface area contributed by atoms with Crippen molar-refractivity contribution in [3.63, 3.8) is 0 Å². The summed E-state index contributed by atoms with van der Waals surface area (Å²) in [6.45, 7) is 0.0924. The molecule has 0 radical (unpaired) electrons. The minimum absolute atomic E-state index is 0.268. The van der Waals surface area contributed by atoms with Crippen molar-refractivity contribution in [2.45, 2.75) is 56.9 Å². The summed E-state index contributed by atoms with van der Waals surface area (Å²) in [5.74, 6) is -0.948. The average molecular weight is 375 g/mol. The number of halogens is 1. The molecule has 4 amide bonds. The van der Waals surface area contributed by atoms with Crippen molar-refractivity contribution < 1.29 is 18.8 Å². The molecular weight excluding hydrogens is 349 g/mol. The molecule has 1 aromatic rings. The van der Waals surface area contributed by atoms with Gasteiger partial charge in [0, 0.05) is 6.54 Å². The molecule has 1 aliphatic heterocycles. The Morgan fingerprint density at radius 2 is 1.70 bits per heavy atom. The molecule has 7 heteroatoms. The van der Waals surface area contributed by atoms with Crippen molar-refractivity contribution in [3.8, 4) is 0 Å². The van der Waals surface area contributed by atoms with E-state index in [1.165, 1.54) is 18.6 Å². The van der Waals surface area contributed by atoms with Crippen molar-refractivity contribution in [2.75, 3.05) is 13.1 Å². The van der Waals surface area contributed by atoms with E-state index in [-0.39, 0.29) is 24.2 Å². The first kappa shape index (κ1) is 19.3. The zero-order valence-electron chi connectivity index (χ0n) is 15.4. The molecule has 1 spiro atoms. The predicted molar refractivity (Wildman–Crippen MR) is 98.4 cm³/mol. The molecule has 0 unspecified atom stereocenters. The van der Waals surface area contributed by atoms with Crippen LogP contribution in [0.1, 0.15) is 50.5 Å². The third kappa shape index (κ3) is 4.64. The lowest BCUT2D eigenvalue weighted by Crippen LogP contribution is -2.48. The standard InChI is InChI=1S/C20H26FN3O3/c21-16-8-6-15(7-9-16)10-13-22-17(25)14-24-18(26)20(23-19(24)27)11-4-2-1-3-5-12-20/h6-9H,1-5,10-14H2,(H,22,25)(H,23,27). The highest BCUT2D eigenvalue weighted by atomic mass is 19.1. The van der Waals surface area contributed by atoms with Crippen molar-refractivity contribution >= 4 is 17.8 Å². The van der Waals surface area contributed by atoms with Crippen LogP contribution in [-0.2, 0) is 16.0 Å². The first-order chi connectivity index (χ1) is 13.0. The van der Waals surface area contributed by atoms with Gasteiger partial charge >= 0.3 is 6.03 Å². The van der Waals surface area contributed by atoms with Crippen LogP contribution < -0.4 is 10.6 Å². The minimum atomic E-state index is -0.827. The summed E-state index contributed by atoms with van der Waals surface area (Å²) in [5.41, 5.74) is 0.0754. The summed E-state index contributed by atoms with van der Waals surface area (Å²) < 4.78 is 12.9. The first-order valence-corrected chi connectivity index (χ1v) is 9.65. The van der Waals surface area contributed by atoms with Crippen molar-refractivity contribution in [1.82, 2.24) is 15.5 Å². The number of benzene rings is 1. The molecule has 1 saturated heterocycles. The number of carbonyl (C=O) groups excluding carboxylic acids is 3. The van der Waals surface area contributed by atoms with E-state index in [1.807, 2.05) is 0 Å². The highest BCUT2D eigenvalue weighted by Gasteiger charge is 2.50. The van der Waals surface area contributed by atoms with E-state index in [4.69, 9.17) is 0 Å². The van der Waals surface area contributed by atoms with Crippen LogP contribution in [0.4, 0.5) is 9.18 Å². The second-order valence-corrected chi connectivity index (χ2v) is 7.40. The Labute approximate surface area is 158 Å². The van der Waals surface area contributed by atoms with E-state index in [0.29, 0.717) is 25.8 Å². The number of rotatable bonds is 5. The molecule has 1 aromatic carbocycles. The highest BCUT2D eigenvalue weighted by Crippen LogP contribution is 2.31. The smallest absolute Gasteiger partial charge is 0.325 e. The number of carbonyl (C=O) groups is 3. The maximum Gasteiger partial charge on any atom is 0.325 e. The molecule has 2 aliphatic rings. The van der Waals surface area contributed by atoms with E-state index < -0.39 is 11.6 Å². The van der Waals surface area contributed by atoms with Crippen LogP contribution in [-0.4, -0.2) is 41.4 Å². The number of urea groups is 1. The molecule has 1 heterocycles. The van der Waals surface area contributed by atoms with E-state index in [2.05, 4.69) is 10.6 Å². The number of hydrogen-bond acceptors (Lipinski definition) is 3. The third-order valence-corrected chi connectivity index (χ3v) is 5.40. The Bertz CT molecular complexity index is 697. The predicted octanol–water partition coefficient (Wildman–Crippen LogP) is 2.52. The second kappa shape index (κ2) is 8.50. The van der Waals surface area contributed by atoms with Crippen molar-refractivity contribution in [1.29, 1.82) is 0 Å². The first-order valence-electron chi connectivity index (χ1n) is 9.65. The largest absolute Gasteiger partial charge is 0.354 e. The van der Waals surface area contributed by atoms with Gasteiger partial charge in [-0.25, -0.2) is 9.18 Å². The fraction of sp³-hybridized carbons (Fsp3) is 0.550. The quantitative estimate of drug-likeness (QED) is 0.776. The second-order valence-electron chi connectivity index (χ2n) is 7.40. The molecule has 1 saturated carbocycles. The number of nitrogens with one attached hydrogen (secondary N) is 2. The molecule has 1 aliphatic carbocycles. The molecule has 0 bridgehead atoms. The molecule has 0 atom stereocenters. The lowest BCUT2D eigenvalue weighted by molar-refractivity contribution is -0.135. The van der Waals surface area contributed by atoms with Gasteiger partial charge in [0.2, 0.25) is 5.91 Å². The summed E-state index contributed by atoms with van der Waals surface area (Å²) >= 11 is 0. The van der Waals surface area contributed by atoms with Crippen LogP contribution in [0.25, 0.3) is 0 Å². The molecule has 2 fully saturated rings. The van der Waals surface area contributed by atoms with Gasteiger partial charge in [0.15, 0.2) is 0 Å². The summed E-state index contributed by atoms with van der Waals surface area (Å²) in [7, 11) is 0. The van der Waals surface area contributed by atoms with Gasteiger partial charge in [-0.1, -0.05) is 44.2 Å². The topological polar surface area (TPSA) is 78.5 Å². The number of hydrogen-bond donors (Lipinski definition) is 2. The number of imide groups is 1. The lowest BCUT2D eigenvalue weighted by Gasteiger charge is -2.28. The van der Waals surface area contributed by atoms with Crippen LogP contribution in [0.15, 0.2) is 24.3 Å². The molecule has 6 nitrogen and oxygen atoms in total. The molecule has 3 rings (SSSR count). The Morgan fingerprint density at radius 3 is 2.37 bits per heavy atom. The maximum absolute atomic E-state index is 12.9. The minimum Gasteiger partial charge on any atom is -0.354 e. The summed E-state index contributed by atoms with van der Waals surface area (Å²) in [6.07, 6.45) is 6.94. The van der Waals surface area contributed by atoms with Crippen LogP contribution in [0.5, 0.6) is 0 Å². The number of nitrogens with zero attached hydrogens (tertiary/aromatic N) is 1. The fourth-order valence-corrected chi connectivity index (χ4v) is 3.86. The SMILES string of the molecule is O=C(CN1C(=O)NC2(CCCCCCC2)C1=O)NCCc1ccc(F)cc1. The fourth-order valence-electron chi connectivity index (χ4n) is 3.86. The van der Waals surface area contributed by atoms with Crippen LogP contribution >= 0.6 is 0 Å². The van der Waals surface area contributed by atoms with E-state index in [1.54, 1.807) is 12.1 Å².